The molecule has 0 aliphatic heterocycles. The van der Waals surface area contributed by atoms with Gasteiger partial charge in [-0.15, -0.1) is 5.10 Å². The lowest BCUT2D eigenvalue weighted by Crippen LogP contribution is -2.35. The summed E-state index contributed by atoms with van der Waals surface area (Å²) in [6.07, 6.45) is 5.14. The highest BCUT2D eigenvalue weighted by molar-refractivity contribution is 5.81. The van der Waals surface area contributed by atoms with Gasteiger partial charge in [0.15, 0.2) is 5.82 Å². The summed E-state index contributed by atoms with van der Waals surface area (Å²) in [6.45, 7) is 5.18. The van der Waals surface area contributed by atoms with Gasteiger partial charge in [0.05, 0.1) is 19.4 Å². The molecule has 206 valence electrons. The number of nitrogens with zero attached hydrogens (tertiary/aromatic N) is 6. The Bertz CT molecular complexity index is 1830. The smallest absolute Gasteiger partial charge is 0.253 e. The van der Waals surface area contributed by atoms with Gasteiger partial charge in [-0.3, -0.25) is 14.7 Å². The number of H-pyrrole nitrogens is 1. The van der Waals surface area contributed by atoms with Crippen molar-refractivity contribution in [2.45, 2.75) is 39.5 Å². The van der Waals surface area contributed by atoms with Crippen LogP contribution in [-0.2, 0) is 19.6 Å². The van der Waals surface area contributed by atoms with E-state index < -0.39 is 6.04 Å². The summed E-state index contributed by atoms with van der Waals surface area (Å²) in [5, 5.41) is 13.6. The molecule has 0 fully saturated rings. The summed E-state index contributed by atoms with van der Waals surface area (Å²) in [5.41, 5.74) is 5.00. The number of aryl methyl sites for hydroxylation is 2. The molecule has 4 heterocycles. The van der Waals surface area contributed by atoms with Crippen molar-refractivity contribution in [3.8, 4) is 0 Å². The summed E-state index contributed by atoms with van der Waals surface area (Å²) >= 11 is 0. The summed E-state index contributed by atoms with van der Waals surface area (Å²) in [4.78, 5) is 23.3. The van der Waals surface area contributed by atoms with Crippen LogP contribution in [0.1, 0.15) is 45.4 Å². The van der Waals surface area contributed by atoms with E-state index in [1.54, 1.807) is 35.5 Å². The molecule has 2 aromatic carbocycles. The van der Waals surface area contributed by atoms with Crippen molar-refractivity contribution < 1.29 is 8.81 Å². The van der Waals surface area contributed by atoms with E-state index in [-0.39, 0.29) is 11.4 Å². The van der Waals surface area contributed by atoms with E-state index in [0.29, 0.717) is 31.0 Å². The Hall–Kier alpha value is -4.96. The lowest BCUT2D eigenvalue weighted by molar-refractivity contribution is 0.179. The topological polar surface area (TPSA) is 106 Å². The van der Waals surface area contributed by atoms with Gasteiger partial charge < -0.3 is 9.40 Å². The Morgan fingerprint density at radius 2 is 1.83 bits per heavy atom. The van der Waals surface area contributed by atoms with E-state index in [0.717, 1.165) is 38.9 Å². The molecule has 4 aromatic heterocycles. The fraction of sp³-hybridized carbons (Fsp3) is 0.194. The molecule has 10 heteroatoms. The number of aromatic amines is 1. The SMILES string of the molecule is Cc1cc2cc(C(c3nnnn3Cc3ccc(F)cc3)N(Cc3cccnc3)Cc3ccco3)c(=O)[nH]c2cc1C. The molecule has 0 aliphatic carbocycles. The minimum Gasteiger partial charge on any atom is -0.468 e. The van der Waals surface area contributed by atoms with Crippen molar-refractivity contribution in [1.29, 1.82) is 0 Å². The highest BCUT2D eigenvalue weighted by Gasteiger charge is 2.31. The lowest BCUT2D eigenvalue weighted by Gasteiger charge is -2.30. The summed E-state index contributed by atoms with van der Waals surface area (Å²) < 4.78 is 21.0. The lowest BCUT2D eigenvalue weighted by atomic mass is 10.00. The van der Waals surface area contributed by atoms with Gasteiger partial charge in [-0.25, -0.2) is 9.07 Å². The first-order chi connectivity index (χ1) is 19.9. The van der Waals surface area contributed by atoms with Crippen LogP contribution in [0.25, 0.3) is 10.9 Å². The van der Waals surface area contributed by atoms with Crippen molar-refractivity contribution >= 4 is 10.9 Å². The van der Waals surface area contributed by atoms with E-state index in [1.165, 1.54) is 12.1 Å². The Balaban J connectivity index is 1.52. The normalized spacial score (nSPS) is 12.3. The summed E-state index contributed by atoms with van der Waals surface area (Å²) in [5.74, 6) is 0.872. The second-order valence-corrected chi connectivity index (χ2v) is 10.1. The number of furan rings is 1. The number of tetrazole rings is 1. The van der Waals surface area contributed by atoms with Crippen LogP contribution in [0.2, 0.25) is 0 Å². The third-order valence-electron chi connectivity index (χ3n) is 7.24. The number of nitrogens with one attached hydrogen (secondary N) is 1. The monoisotopic (exact) mass is 549 g/mol. The minimum atomic E-state index is -0.662. The Morgan fingerprint density at radius 3 is 2.59 bits per heavy atom. The molecule has 0 aliphatic rings. The van der Waals surface area contributed by atoms with Gasteiger partial charge in [-0.05, 0) is 100 Å². The van der Waals surface area contributed by atoms with Crippen LogP contribution in [0.4, 0.5) is 4.39 Å². The van der Waals surface area contributed by atoms with Gasteiger partial charge in [0.2, 0.25) is 0 Å². The molecule has 0 spiro atoms. The molecule has 0 bridgehead atoms. The zero-order valence-electron chi connectivity index (χ0n) is 22.7. The Kier molecular flexibility index (Phi) is 7.22. The molecule has 6 aromatic rings. The Morgan fingerprint density at radius 1 is 1.00 bits per heavy atom. The van der Waals surface area contributed by atoms with Crippen molar-refractivity contribution in [3.63, 3.8) is 0 Å². The summed E-state index contributed by atoms with van der Waals surface area (Å²) in [7, 11) is 0. The van der Waals surface area contributed by atoms with E-state index in [2.05, 4.69) is 36.5 Å². The summed E-state index contributed by atoms with van der Waals surface area (Å²) in [6, 6.07) is 19.1. The highest BCUT2D eigenvalue weighted by Crippen LogP contribution is 2.31. The van der Waals surface area contributed by atoms with Crippen molar-refractivity contribution in [1.82, 2.24) is 35.1 Å². The molecule has 0 radical (unpaired) electrons. The van der Waals surface area contributed by atoms with E-state index >= 15 is 0 Å². The molecule has 6 rings (SSSR count). The maximum absolute atomic E-state index is 13.8. The average molecular weight is 550 g/mol. The van der Waals surface area contributed by atoms with Crippen LogP contribution >= 0.6 is 0 Å². The maximum atomic E-state index is 13.8. The van der Waals surface area contributed by atoms with Crippen LogP contribution < -0.4 is 5.56 Å². The third-order valence-corrected chi connectivity index (χ3v) is 7.24. The molecule has 41 heavy (non-hydrogen) atoms. The fourth-order valence-electron chi connectivity index (χ4n) is 5.05. The third kappa shape index (κ3) is 5.68. The molecule has 0 saturated carbocycles. The van der Waals surface area contributed by atoms with Gasteiger partial charge >= 0.3 is 0 Å². The van der Waals surface area contributed by atoms with E-state index in [9.17, 15) is 9.18 Å². The first-order valence-corrected chi connectivity index (χ1v) is 13.2. The highest BCUT2D eigenvalue weighted by atomic mass is 19.1. The molecule has 1 atom stereocenters. The number of pyridine rings is 2. The first kappa shape index (κ1) is 26.3. The first-order valence-electron chi connectivity index (χ1n) is 13.2. The number of halogens is 1. The van der Waals surface area contributed by atoms with Gasteiger partial charge in [-0.2, -0.15) is 0 Å². The van der Waals surface area contributed by atoms with E-state index in [4.69, 9.17) is 4.42 Å². The minimum absolute atomic E-state index is 0.238. The second kappa shape index (κ2) is 11.3. The Labute approximate surface area is 235 Å². The second-order valence-electron chi connectivity index (χ2n) is 10.1. The molecular weight excluding hydrogens is 521 g/mol. The molecule has 1 N–H and O–H groups in total. The molecule has 1 unspecified atom stereocenters. The van der Waals surface area contributed by atoms with Crippen molar-refractivity contribution in [2.75, 3.05) is 0 Å². The van der Waals surface area contributed by atoms with Crippen LogP contribution in [0.15, 0.2) is 94.6 Å². The van der Waals surface area contributed by atoms with Crippen molar-refractivity contribution in [2.24, 2.45) is 0 Å². The van der Waals surface area contributed by atoms with Crippen LogP contribution in [-0.4, -0.2) is 35.1 Å². The molecular formula is C31H28FN7O2. The predicted molar refractivity (Wildman–Crippen MR) is 151 cm³/mol. The van der Waals surface area contributed by atoms with E-state index in [1.807, 2.05) is 50.2 Å². The number of hydrogen-bond acceptors (Lipinski definition) is 7. The number of fused-ring (bicyclic) bond motifs is 1. The molecule has 9 nitrogen and oxygen atoms in total. The largest absolute Gasteiger partial charge is 0.468 e. The fourth-order valence-corrected chi connectivity index (χ4v) is 5.05. The number of hydrogen-bond donors (Lipinski definition) is 1. The number of benzene rings is 2. The van der Waals surface area contributed by atoms with Gasteiger partial charge in [0.25, 0.3) is 5.56 Å². The maximum Gasteiger partial charge on any atom is 0.253 e. The molecule has 0 amide bonds. The standard InChI is InChI=1S/C31H28FN7O2/c1-20-13-24-15-27(31(40)34-28(24)14-21(20)2)29(30-35-36-37-39(30)18-22-7-9-25(32)10-8-22)38(19-26-6-4-12-41-26)17-23-5-3-11-33-16-23/h3-16,29H,17-19H2,1-2H3,(H,34,40). The van der Waals surface area contributed by atoms with Crippen molar-refractivity contribution in [3.05, 3.63) is 141 Å². The zero-order chi connectivity index (χ0) is 28.3. The predicted octanol–water partition coefficient (Wildman–Crippen LogP) is 5.10. The number of rotatable bonds is 9. The van der Waals surface area contributed by atoms with Gasteiger partial charge in [0.1, 0.15) is 17.6 Å². The zero-order valence-corrected chi connectivity index (χ0v) is 22.7. The quantitative estimate of drug-likeness (QED) is 0.268. The molecule has 0 saturated heterocycles. The van der Waals surface area contributed by atoms with Crippen LogP contribution in [0.5, 0.6) is 0 Å². The average Bonchev–Trinajstić information content (AvgIpc) is 3.65. The van der Waals surface area contributed by atoms with Crippen LogP contribution in [0, 0.1) is 19.7 Å². The van der Waals surface area contributed by atoms with Crippen LogP contribution in [0.3, 0.4) is 0 Å². The van der Waals surface area contributed by atoms with Gasteiger partial charge in [0, 0.05) is 30.0 Å². The van der Waals surface area contributed by atoms with Gasteiger partial charge in [-0.1, -0.05) is 18.2 Å². The number of aromatic nitrogens is 6.